The zero-order valence-corrected chi connectivity index (χ0v) is 9.05. The number of rotatable bonds is 5. The van der Waals surface area contributed by atoms with Crippen LogP contribution in [-0.4, -0.2) is 38.5 Å². The monoisotopic (exact) mass is 254 g/mol. The third-order valence-corrected chi connectivity index (χ3v) is 1.94. The molecule has 1 unspecified atom stereocenters. The fourth-order valence-corrected chi connectivity index (χ4v) is 1.13. The number of aliphatic hydroxyl groups excluding tert-OH is 1. The summed E-state index contributed by atoms with van der Waals surface area (Å²) >= 11 is 0. The smallest absolute Gasteiger partial charge is 0.306 e. The first-order valence-electron chi connectivity index (χ1n) is 4.81. The number of carboxylic acid groups (broad SMARTS) is 1. The Bertz CT molecular complexity index is 499. The molecule has 96 valence electrons. The Labute approximate surface area is 101 Å². The molecule has 0 amide bonds. The minimum atomic E-state index is -1.33. The molecule has 0 radical (unpaired) electrons. The SMILES string of the molecule is O=C(O)CC(O)C=Nc1cc([N+](=O)[O-])ccc1O. The van der Waals surface area contributed by atoms with Gasteiger partial charge in [-0.3, -0.25) is 19.9 Å². The minimum absolute atomic E-state index is 0.117. The van der Waals surface area contributed by atoms with Crippen LogP contribution in [0.4, 0.5) is 11.4 Å². The Balaban J connectivity index is 2.89. The number of aliphatic carboxylic acids is 1. The normalized spacial score (nSPS) is 12.5. The molecule has 8 nitrogen and oxygen atoms in total. The van der Waals surface area contributed by atoms with Crippen molar-refractivity contribution < 1.29 is 25.0 Å². The Morgan fingerprint density at radius 1 is 1.56 bits per heavy atom. The Hall–Kier alpha value is -2.48. The third kappa shape index (κ3) is 3.83. The van der Waals surface area contributed by atoms with Crippen molar-refractivity contribution in [2.45, 2.75) is 12.5 Å². The van der Waals surface area contributed by atoms with E-state index < -0.39 is 23.4 Å². The third-order valence-electron chi connectivity index (χ3n) is 1.94. The van der Waals surface area contributed by atoms with Crippen LogP contribution in [0.1, 0.15) is 6.42 Å². The molecule has 8 heteroatoms. The summed E-state index contributed by atoms with van der Waals surface area (Å²) in [6.45, 7) is 0. The lowest BCUT2D eigenvalue weighted by atomic mass is 10.2. The van der Waals surface area contributed by atoms with Gasteiger partial charge in [0.25, 0.3) is 5.69 Å². The minimum Gasteiger partial charge on any atom is -0.506 e. The molecule has 3 N–H and O–H groups in total. The lowest BCUT2D eigenvalue weighted by Gasteiger charge is -2.01. The Kier molecular flexibility index (Phi) is 4.33. The van der Waals surface area contributed by atoms with E-state index in [1.165, 1.54) is 0 Å². The van der Waals surface area contributed by atoms with E-state index in [9.17, 15) is 25.1 Å². The summed E-state index contributed by atoms with van der Waals surface area (Å²) in [7, 11) is 0. The summed E-state index contributed by atoms with van der Waals surface area (Å²) in [6, 6.07) is 3.20. The second kappa shape index (κ2) is 5.73. The lowest BCUT2D eigenvalue weighted by Crippen LogP contribution is -2.13. The predicted molar refractivity (Wildman–Crippen MR) is 61.2 cm³/mol. The van der Waals surface area contributed by atoms with Crippen molar-refractivity contribution in [1.29, 1.82) is 0 Å². The number of aliphatic hydroxyl groups is 1. The standard InChI is InChI=1S/C10H10N2O6/c13-7(4-10(15)16)5-11-8-3-6(12(17)18)1-2-9(8)14/h1-3,5,7,13-14H,4H2,(H,15,16). The van der Waals surface area contributed by atoms with Crippen molar-refractivity contribution in [2.75, 3.05) is 0 Å². The van der Waals surface area contributed by atoms with Gasteiger partial charge in [-0.05, 0) is 6.07 Å². The molecule has 0 bridgehead atoms. The van der Waals surface area contributed by atoms with Crippen molar-refractivity contribution in [2.24, 2.45) is 4.99 Å². The molecule has 0 spiro atoms. The van der Waals surface area contributed by atoms with Crippen LogP contribution in [0.3, 0.4) is 0 Å². The van der Waals surface area contributed by atoms with E-state index in [0.29, 0.717) is 0 Å². The first-order chi connectivity index (χ1) is 8.40. The average molecular weight is 254 g/mol. The number of phenolic OH excluding ortho intramolecular Hbond substituents is 1. The number of carboxylic acids is 1. The van der Waals surface area contributed by atoms with Gasteiger partial charge in [-0.1, -0.05) is 0 Å². The van der Waals surface area contributed by atoms with E-state index in [0.717, 1.165) is 24.4 Å². The van der Waals surface area contributed by atoms with Gasteiger partial charge in [0.05, 0.1) is 17.4 Å². The van der Waals surface area contributed by atoms with Gasteiger partial charge in [0.1, 0.15) is 11.4 Å². The molecule has 0 saturated carbocycles. The highest BCUT2D eigenvalue weighted by Crippen LogP contribution is 2.30. The predicted octanol–water partition coefficient (Wildman–Crippen LogP) is 0.838. The molecule has 0 heterocycles. The number of aliphatic imine (C=N–C) groups is 1. The largest absolute Gasteiger partial charge is 0.506 e. The van der Waals surface area contributed by atoms with Crippen molar-refractivity contribution in [3.63, 3.8) is 0 Å². The number of phenols is 1. The molecule has 0 aromatic heterocycles. The molecule has 0 aliphatic carbocycles. The summed E-state index contributed by atoms with van der Waals surface area (Å²) in [6.07, 6.45) is -0.979. The number of aromatic hydroxyl groups is 1. The van der Waals surface area contributed by atoms with Gasteiger partial charge in [0.2, 0.25) is 0 Å². The highest BCUT2D eigenvalue weighted by Gasteiger charge is 2.10. The van der Waals surface area contributed by atoms with Crippen LogP contribution in [0.5, 0.6) is 5.75 Å². The fraction of sp³-hybridized carbons (Fsp3) is 0.200. The molecule has 1 aromatic carbocycles. The Morgan fingerprint density at radius 2 is 2.22 bits per heavy atom. The maximum absolute atomic E-state index is 10.5. The summed E-state index contributed by atoms with van der Waals surface area (Å²) in [4.78, 5) is 23.7. The first-order valence-corrected chi connectivity index (χ1v) is 4.81. The van der Waals surface area contributed by atoms with Crippen molar-refractivity contribution in [1.82, 2.24) is 0 Å². The summed E-state index contributed by atoms with van der Waals surface area (Å²) in [5.74, 6) is -1.52. The van der Waals surface area contributed by atoms with Gasteiger partial charge in [-0.2, -0.15) is 0 Å². The highest BCUT2D eigenvalue weighted by atomic mass is 16.6. The maximum Gasteiger partial charge on any atom is 0.306 e. The molecular weight excluding hydrogens is 244 g/mol. The van der Waals surface area contributed by atoms with Crippen LogP contribution in [-0.2, 0) is 4.79 Å². The molecular formula is C10H10N2O6. The summed E-state index contributed by atoms with van der Waals surface area (Å²) in [5.41, 5.74) is -0.388. The van der Waals surface area contributed by atoms with Gasteiger partial charge in [0.15, 0.2) is 0 Å². The van der Waals surface area contributed by atoms with Crippen LogP contribution in [0.25, 0.3) is 0 Å². The van der Waals surface area contributed by atoms with Gasteiger partial charge < -0.3 is 15.3 Å². The maximum atomic E-state index is 10.5. The van der Waals surface area contributed by atoms with E-state index in [1.807, 2.05) is 0 Å². The van der Waals surface area contributed by atoms with Gasteiger partial charge >= 0.3 is 5.97 Å². The number of non-ortho nitro benzene ring substituents is 1. The number of hydrogen-bond acceptors (Lipinski definition) is 6. The number of nitro groups is 1. The zero-order chi connectivity index (χ0) is 13.7. The molecule has 0 fully saturated rings. The number of nitro benzene ring substituents is 1. The van der Waals surface area contributed by atoms with Crippen molar-refractivity contribution in [3.05, 3.63) is 28.3 Å². The fourth-order valence-electron chi connectivity index (χ4n) is 1.13. The van der Waals surface area contributed by atoms with E-state index in [1.54, 1.807) is 0 Å². The number of carbonyl (C=O) groups is 1. The summed E-state index contributed by atoms with van der Waals surface area (Å²) in [5, 5.41) is 37.5. The molecule has 0 aliphatic heterocycles. The zero-order valence-electron chi connectivity index (χ0n) is 9.05. The molecule has 18 heavy (non-hydrogen) atoms. The van der Waals surface area contributed by atoms with Crippen LogP contribution in [0.15, 0.2) is 23.2 Å². The molecule has 1 aromatic rings. The number of hydrogen-bond donors (Lipinski definition) is 3. The second-order valence-corrected chi connectivity index (χ2v) is 3.37. The summed E-state index contributed by atoms with van der Waals surface area (Å²) < 4.78 is 0. The second-order valence-electron chi connectivity index (χ2n) is 3.37. The van der Waals surface area contributed by atoms with E-state index in [2.05, 4.69) is 4.99 Å². The quantitative estimate of drug-likeness (QED) is 0.405. The van der Waals surface area contributed by atoms with Gasteiger partial charge in [-0.25, -0.2) is 0 Å². The van der Waals surface area contributed by atoms with Crippen LogP contribution in [0, 0.1) is 10.1 Å². The van der Waals surface area contributed by atoms with Gasteiger partial charge in [-0.15, -0.1) is 0 Å². The van der Waals surface area contributed by atoms with Crippen LogP contribution >= 0.6 is 0 Å². The van der Waals surface area contributed by atoms with E-state index >= 15 is 0 Å². The van der Waals surface area contributed by atoms with Crippen molar-refractivity contribution in [3.8, 4) is 5.75 Å². The van der Waals surface area contributed by atoms with Crippen molar-refractivity contribution >= 4 is 23.6 Å². The van der Waals surface area contributed by atoms with Crippen LogP contribution < -0.4 is 0 Å². The topological polar surface area (TPSA) is 133 Å². The molecule has 1 rings (SSSR count). The van der Waals surface area contributed by atoms with E-state index in [4.69, 9.17) is 5.11 Å². The Morgan fingerprint density at radius 3 is 2.78 bits per heavy atom. The highest BCUT2D eigenvalue weighted by molar-refractivity contribution is 5.77. The van der Waals surface area contributed by atoms with Gasteiger partial charge in [0, 0.05) is 18.3 Å². The van der Waals surface area contributed by atoms with Crippen LogP contribution in [0.2, 0.25) is 0 Å². The molecule has 0 aliphatic rings. The molecule has 1 atom stereocenters. The lowest BCUT2D eigenvalue weighted by molar-refractivity contribution is -0.384. The average Bonchev–Trinajstić information content (AvgIpc) is 2.26. The van der Waals surface area contributed by atoms with E-state index in [-0.39, 0.29) is 17.1 Å². The number of nitrogens with zero attached hydrogens (tertiary/aromatic N) is 2. The number of benzene rings is 1. The first kappa shape index (κ1) is 13.6. The molecule has 0 saturated heterocycles.